The number of anilines is 3. The van der Waals surface area contributed by atoms with E-state index in [4.69, 9.17) is 0 Å². The van der Waals surface area contributed by atoms with Crippen molar-refractivity contribution in [3.8, 4) is 33.4 Å². The average molecular weight is 692 g/mol. The van der Waals surface area contributed by atoms with Gasteiger partial charge >= 0.3 is 0 Å². The summed E-state index contributed by atoms with van der Waals surface area (Å²) in [6.45, 7) is 7.01. The summed E-state index contributed by atoms with van der Waals surface area (Å²) in [6.07, 6.45) is 0. The molecular weight excluding hydrogens is 651 g/mol. The SMILES string of the molecule is Cc1cc2c(cc1N(c1cccc(C3(c4ccccc4)c4ccccc4-c4ccccc43)c1)c1ccccc1-c1ccccc1)-c1ccccc1C2(C)C. The van der Waals surface area contributed by atoms with Crippen LogP contribution in [-0.4, -0.2) is 0 Å². The zero-order valence-corrected chi connectivity index (χ0v) is 30.9. The van der Waals surface area contributed by atoms with E-state index < -0.39 is 5.41 Å². The van der Waals surface area contributed by atoms with Gasteiger partial charge in [0.15, 0.2) is 0 Å². The van der Waals surface area contributed by atoms with E-state index in [1.165, 1.54) is 78.0 Å². The van der Waals surface area contributed by atoms with Crippen molar-refractivity contribution in [3.05, 3.63) is 233 Å². The second kappa shape index (κ2) is 12.3. The molecule has 2 aliphatic rings. The van der Waals surface area contributed by atoms with Crippen molar-refractivity contribution in [2.45, 2.75) is 31.6 Å². The first-order valence-electron chi connectivity index (χ1n) is 19.0. The van der Waals surface area contributed by atoms with E-state index in [2.05, 4.69) is 220 Å². The molecule has 0 saturated carbocycles. The second-order valence-electron chi connectivity index (χ2n) is 15.3. The lowest BCUT2D eigenvalue weighted by molar-refractivity contribution is 0.660. The van der Waals surface area contributed by atoms with Crippen LogP contribution in [0, 0.1) is 6.92 Å². The molecule has 0 atom stereocenters. The molecule has 0 unspecified atom stereocenters. The van der Waals surface area contributed by atoms with Gasteiger partial charge in [-0.2, -0.15) is 0 Å². The third kappa shape index (κ3) is 4.64. The van der Waals surface area contributed by atoms with Gasteiger partial charge < -0.3 is 4.90 Å². The molecule has 0 radical (unpaired) electrons. The maximum Gasteiger partial charge on any atom is 0.0714 e. The van der Waals surface area contributed by atoms with Crippen molar-refractivity contribution in [3.63, 3.8) is 0 Å². The highest BCUT2D eigenvalue weighted by atomic mass is 15.1. The Morgan fingerprint density at radius 1 is 0.370 bits per heavy atom. The molecule has 8 aromatic rings. The number of fused-ring (bicyclic) bond motifs is 6. The standard InChI is InChI=1S/C53H41N/c1-36-33-49-45(44-28-10-14-29-46(44)52(49,2)3)35-51(36)54(50-32-17-13-25-41(50)37-19-6-4-7-20-37)40-24-18-23-39(34-40)53(38-21-8-5-9-22-38)47-30-15-11-26-42(47)43-27-12-16-31-48(43)53/h4-35H,1-3H3. The summed E-state index contributed by atoms with van der Waals surface area (Å²) in [5.74, 6) is 0. The molecule has 0 heterocycles. The molecule has 0 saturated heterocycles. The van der Waals surface area contributed by atoms with Crippen LogP contribution in [0.1, 0.15) is 52.8 Å². The number of rotatable bonds is 6. The molecule has 8 aromatic carbocycles. The topological polar surface area (TPSA) is 3.24 Å². The maximum absolute atomic E-state index is 2.51. The molecule has 1 heteroatoms. The lowest BCUT2D eigenvalue weighted by atomic mass is 9.67. The summed E-state index contributed by atoms with van der Waals surface area (Å²) in [6, 6.07) is 72.0. The highest BCUT2D eigenvalue weighted by molar-refractivity contribution is 5.93. The summed E-state index contributed by atoms with van der Waals surface area (Å²) in [4.78, 5) is 2.51. The van der Waals surface area contributed by atoms with Gasteiger partial charge in [-0.05, 0) is 98.0 Å². The van der Waals surface area contributed by atoms with Crippen LogP contribution in [0.25, 0.3) is 33.4 Å². The summed E-state index contributed by atoms with van der Waals surface area (Å²) in [7, 11) is 0. The Balaban J connectivity index is 1.27. The number of benzene rings is 8. The minimum atomic E-state index is -0.495. The van der Waals surface area contributed by atoms with Gasteiger partial charge in [0, 0.05) is 22.4 Å². The lowest BCUT2D eigenvalue weighted by Gasteiger charge is -2.36. The van der Waals surface area contributed by atoms with Crippen LogP contribution in [0.2, 0.25) is 0 Å². The molecule has 2 aliphatic carbocycles. The van der Waals surface area contributed by atoms with Crippen molar-refractivity contribution in [2.24, 2.45) is 0 Å². The van der Waals surface area contributed by atoms with Gasteiger partial charge in [-0.3, -0.25) is 0 Å². The quantitative estimate of drug-likeness (QED) is 0.168. The molecular formula is C53H41N. The van der Waals surface area contributed by atoms with Crippen molar-refractivity contribution < 1.29 is 0 Å². The molecule has 0 N–H and O–H groups in total. The van der Waals surface area contributed by atoms with Crippen LogP contribution >= 0.6 is 0 Å². The Morgan fingerprint density at radius 2 is 0.889 bits per heavy atom. The first kappa shape index (κ1) is 32.2. The van der Waals surface area contributed by atoms with Crippen molar-refractivity contribution in [2.75, 3.05) is 4.90 Å². The van der Waals surface area contributed by atoms with Crippen molar-refractivity contribution in [1.29, 1.82) is 0 Å². The van der Waals surface area contributed by atoms with Crippen LogP contribution in [-0.2, 0) is 10.8 Å². The minimum Gasteiger partial charge on any atom is -0.310 e. The van der Waals surface area contributed by atoms with Gasteiger partial charge in [-0.1, -0.05) is 184 Å². The summed E-state index contributed by atoms with van der Waals surface area (Å²) in [5.41, 5.74) is 19.7. The van der Waals surface area contributed by atoms with E-state index in [1.807, 2.05) is 0 Å². The fourth-order valence-electron chi connectivity index (χ4n) is 9.61. The zero-order valence-electron chi connectivity index (χ0n) is 30.9. The van der Waals surface area contributed by atoms with Gasteiger partial charge in [0.2, 0.25) is 0 Å². The van der Waals surface area contributed by atoms with Crippen LogP contribution in [0.3, 0.4) is 0 Å². The van der Waals surface area contributed by atoms with E-state index in [1.54, 1.807) is 0 Å². The summed E-state index contributed by atoms with van der Waals surface area (Å²) in [5, 5.41) is 0. The number of hydrogen-bond acceptors (Lipinski definition) is 1. The first-order valence-corrected chi connectivity index (χ1v) is 19.0. The van der Waals surface area contributed by atoms with Crippen molar-refractivity contribution >= 4 is 17.1 Å². The predicted octanol–water partition coefficient (Wildman–Crippen LogP) is 13.8. The van der Waals surface area contributed by atoms with E-state index in [-0.39, 0.29) is 5.41 Å². The number of para-hydroxylation sites is 1. The third-order valence-corrected chi connectivity index (χ3v) is 12.1. The predicted molar refractivity (Wildman–Crippen MR) is 226 cm³/mol. The van der Waals surface area contributed by atoms with Crippen LogP contribution in [0.5, 0.6) is 0 Å². The van der Waals surface area contributed by atoms with E-state index in [9.17, 15) is 0 Å². The molecule has 0 bridgehead atoms. The number of nitrogens with zero attached hydrogens (tertiary/aromatic N) is 1. The van der Waals surface area contributed by atoms with E-state index in [0.717, 1.165) is 11.4 Å². The van der Waals surface area contributed by atoms with E-state index >= 15 is 0 Å². The number of aryl methyl sites for hydroxylation is 1. The largest absolute Gasteiger partial charge is 0.310 e. The summed E-state index contributed by atoms with van der Waals surface area (Å²) >= 11 is 0. The Kier molecular flexibility index (Phi) is 7.35. The van der Waals surface area contributed by atoms with E-state index in [0.29, 0.717) is 0 Å². The highest BCUT2D eigenvalue weighted by Gasteiger charge is 2.46. The normalized spacial score (nSPS) is 14.1. The monoisotopic (exact) mass is 691 g/mol. The third-order valence-electron chi connectivity index (χ3n) is 12.1. The Labute approximate surface area is 318 Å². The van der Waals surface area contributed by atoms with Crippen LogP contribution in [0.15, 0.2) is 194 Å². The van der Waals surface area contributed by atoms with Crippen LogP contribution in [0.4, 0.5) is 17.1 Å². The molecule has 0 amide bonds. The van der Waals surface area contributed by atoms with Crippen molar-refractivity contribution in [1.82, 2.24) is 0 Å². The average Bonchev–Trinajstić information content (AvgIpc) is 3.65. The van der Waals surface area contributed by atoms with Gasteiger partial charge in [0.25, 0.3) is 0 Å². The summed E-state index contributed by atoms with van der Waals surface area (Å²) < 4.78 is 0. The minimum absolute atomic E-state index is 0.0762. The van der Waals surface area contributed by atoms with Gasteiger partial charge in [-0.25, -0.2) is 0 Å². The molecule has 1 nitrogen and oxygen atoms in total. The molecule has 0 fully saturated rings. The smallest absolute Gasteiger partial charge is 0.0714 e. The maximum atomic E-state index is 2.51. The zero-order chi connectivity index (χ0) is 36.4. The van der Waals surface area contributed by atoms with Gasteiger partial charge in [0.1, 0.15) is 0 Å². The molecule has 0 spiro atoms. The molecule has 0 aromatic heterocycles. The lowest BCUT2D eigenvalue weighted by Crippen LogP contribution is -2.28. The highest BCUT2D eigenvalue weighted by Crippen LogP contribution is 2.57. The Bertz CT molecular complexity index is 2660. The molecule has 54 heavy (non-hydrogen) atoms. The first-order chi connectivity index (χ1) is 26.5. The fourth-order valence-corrected chi connectivity index (χ4v) is 9.61. The number of hydrogen-bond donors (Lipinski definition) is 0. The molecule has 258 valence electrons. The fraction of sp³-hybridized carbons (Fsp3) is 0.0943. The van der Waals surface area contributed by atoms with Gasteiger partial charge in [-0.15, -0.1) is 0 Å². The van der Waals surface area contributed by atoms with Gasteiger partial charge in [0.05, 0.1) is 11.1 Å². The molecule has 0 aliphatic heterocycles. The second-order valence-corrected chi connectivity index (χ2v) is 15.3. The Hall–Kier alpha value is -6.44. The Morgan fingerprint density at radius 3 is 1.56 bits per heavy atom. The molecule has 10 rings (SSSR count). The van der Waals surface area contributed by atoms with Crippen LogP contribution < -0.4 is 4.90 Å².